The van der Waals surface area contributed by atoms with Crippen LogP contribution in [0.3, 0.4) is 0 Å². The summed E-state index contributed by atoms with van der Waals surface area (Å²) in [7, 11) is -3.52. The highest BCUT2D eigenvalue weighted by Crippen LogP contribution is 2.26. The summed E-state index contributed by atoms with van der Waals surface area (Å²) < 4.78 is 26.8. The number of hydrogen-bond donors (Lipinski definition) is 0. The van der Waals surface area contributed by atoms with E-state index in [0.29, 0.717) is 15.8 Å². The average Bonchev–Trinajstić information content (AvgIpc) is 2.77. The Bertz CT molecular complexity index is 626. The van der Waals surface area contributed by atoms with Crippen molar-refractivity contribution in [3.63, 3.8) is 0 Å². The van der Waals surface area contributed by atoms with E-state index in [1.165, 1.54) is 11.3 Å². The van der Waals surface area contributed by atoms with E-state index in [1.807, 2.05) is 0 Å². The quantitative estimate of drug-likeness (QED) is 0.774. The Morgan fingerprint density at radius 3 is 2.56 bits per heavy atom. The van der Waals surface area contributed by atoms with E-state index in [1.54, 1.807) is 25.4 Å². The molecule has 0 aliphatic carbocycles. The molecule has 0 unspecified atom stereocenters. The lowest BCUT2D eigenvalue weighted by Gasteiger charge is -2.05. The first kappa shape index (κ1) is 13.0. The molecule has 0 spiro atoms. The summed E-state index contributed by atoms with van der Waals surface area (Å²) in [5, 5.41) is 8.77. The van der Waals surface area contributed by atoms with Gasteiger partial charge in [0.1, 0.15) is 11.1 Å². The molecule has 2 aromatic rings. The first-order valence-corrected chi connectivity index (χ1v) is 7.58. The Hall–Kier alpha value is -1.45. The van der Waals surface area contributed by atoms with Crippen LogP contribution in [0.5, 0.6) is 0 Å². The zero-order valence-corrected chi connectivity index (χ0v) is 11.3. The van der Waals surface area contributed by atoms with Crippen molar-refractivity contribution in [2.24, 2.45) is 0 Å². The van der Waals surface area contributed by atoms with Crippen LogP contribution in [0.1, 0.15) is 18.0 Å². The third-order valence-electron chi connectivity index (χ3n) is 1.86. The first-order valence-electron chi connectivity index (χ1n) is 4.95. The molecule has 0 saturated carbocycles. The lowest BCUT2D eigenvalue weighted by atomic mass is 10.4. The van der Waals surface area contributed by atoms with Crippen LogP contribution in [0.2, 0.25) is 0 Å². The molecule has 96 valence electrons. The van der Waals surface area contributed by atoms with Crippen molar-refractivity contribution < 1.29 is 12.6 Å². The summed E-state index contributed by atoms with van der Waals surface area (Å²) in [4.78, 5) is 8.07. The number of hydrogen-bond acceptors (Lipinski definition) is 8. The zero-order valence-electron chi connectivity index (χ0n) is 9.64. The van der Waals surface area contributed by atoms with Crippen LogP contribution < -0.4 is 0 Å². The van der Waals surface area contributed by atoms with Crippen LogP contribution >= 0.6 is 11.3 Å². The predicted octanol–water partition coefficient (Wildman–Crippen LogP) is 1.03. The lowest BCUT2D eigenvalue weighted by molar-refractivity contribution is 0.235. The zero-order chi connectivity index (χ0) is 13.2. The van der Waals surface area contributed by atoms with Crippen LogP contribution in [-0.4, -0.2) is 34.8 Å². The maximum atomic E-state index is 11.0. The Morgan fingerprint density at radius 1 is 1.28 bits per heavy atom. The molecule has 18 heavy (non-hydrogen) atoms. The van der Waals surface area contributed by atoms with Crippen molar-refractivity contribution in [3.05, 3.63) is 23.5 Å². The molecule has 0 amide bonds. The van der Waals surface area contributed by atoms with Crippen molar-refractivity contribution in [1.82, 2.24) is 20.2 Å². The second kappa shape index (κ2) is 5.04. The second-order valence-electron chi connectivity index (χ2n) is 3.46. The van der Waals surface area contributed by atoms with Crippen LogP contribution in [-0.2, 0) is 14.3 Å². The maximum Gasteiger partial charge on any atom is 0.265 e. The van der Waals surface area contributed by atoms with E-state index in [2.05, 4.69) is 20.2 Å². The van der Waals surface area contributed by atoms with E-state index < -0.39 is 16.2 Å². The van der Waals surface area contributed by atoms with Crippen molar-refractivity contribution in [3.8, 4) is 10.8 Å². The van der Waals surface area contributed by atoms with Gasteiger partial charge in [-0.25, -0.2) is 9.97 Å². The molecule has 0 N–H and O–H groups in total. The minimum absolute atomic E-state index is 0.452. The third-order valence-corrected chi connectivity index (χ3v) is 3.58. The third kappa shape index (κ3) is 3.28. The van der Waals surface area contributed by atoms with Crippen molar-refractivity contribution in [2.45, 2.75) is 13.0 Å². The minimum atomic E-state index is -3.52. The smallest absolute Gasteiger partial charge is 0.260 e. The van der Waals surface area contributed by atoms with Crippen LogP contribution in [0.15, 0.2) is 18.5 Å². The van der Waals surface area contributed by atoms with Gasteiger partial charge in [-0.05, 0) is 13.0 Å². The summed E-state index contributed by atoms with van der Waals surface area (Å²) in [6, 6.07) is 1.70. The van der Waals surface area contributed by atoms with Gasteiger partial charge in [0.15, 0.2) is 10.8 Å². The Morgan fingerprint density at radius 2 is 1.94 bits per heavy atom. The van der Waals surface area contributed by atoms with E-state index in [0.717, 1.165) is 6.26 Å². The molecule has 2 rings (SSSR count). The molecule has 0 saturated heterocycles. The average molecular weight is 286 g/mol. The fraction of sp³-hybridized carbons (Fsp3) is 0.333. The predicted molar refractivity (Wildman–Crippen MR) is 65.3 cm³/mol. The van der Waals surface area contributed by atoms with Crippen molar-refractivity contribution >= 4 is 21.5 Å². The molecule has 2 heterocycles. The molecule has 0 aromatic carbocycles. The Kier molecular flexibility index (Phi) is 3.64. The van der Waals surface area contributed by atoms with Gasteiger partial charge in [-0.3, -0.25) is 4.18 Å². The van der Waals surface area contributed by atoms with Gasteiger partial charge in [-0.15, -0.1) is 10.2 Å². The number of rotatable bonds is 4. The van der Waals surface area contributed by atoms with Gasteiger partial charge < -0.3 is 0 Å². The fourth-order valence-corrected chi connectivity index (χ4v) is 2.65. The monoisotopic (exact) mass is 286 g/mol. The summed E-state index contributed by atoms with van der Waals surface area (Å²) in [5.74, 6) is 0.452. The van der Waals surface area contributed by atoms with Crippen LogP contribution in [0, 0.1) is 0 Å². The van der Waals surface area contributed by atoms with E-state index in [4.69, 9.17) is 4.18 Å². The molecule has 0 aliphatic rings. The molecule has 7 nitrogen and oxygen atoms in total. The van der Waals surface area contributed by atoms with Gasteiger partial charge in [0.05, 0.1) is 6.26 Å². The molecule has 9 heteroatoms. The van der Waals surface area contributed by atoms with Crippen LogP contribution in [0.25, 0.3) is 10.8 Å². The number of aromatic nitrogens is 4. The molecule has 0 bridgehead atoms. The second-order valence-corrected chi connectivity index (χ2v) is 6.07. The van der Waals surface area contributed by atoms with Gasteiger partial charge in [-0.2, -0.15) is 8.42 Å². The van der Waals surface area contributed by atoms with E-state index >= 15 is 0 Å². The fourth-order valence-electron chi connectivity index (χ4n) is 1.20. The topological polar surface area (TPSA) is 94.9 Å². The minimum Gasteiger partial charge on any atom is -0.260 e. The highest BCUT2D eigenvalue weighted by molar-refractivity contribution is 7.86. The SMILES string of the molecule is C[C@@H](OS(C)(=O)=O)c1nnc(-c2ncccn2)s1. The summed E-state index contributed by atoms with van der Waals surface area (Å²) in [5.41, 5.74) is 0. The molecule has 0 radical (unpaired) electrons. The molecule has 0 fully saturated rings. The van der Waals surface area contributed by atoms with Crippen molar-refractivity contribution in [2.75, 3.05) is 6.26 Å². The standard InChI is InChI=1S/C9H10N4O3S2/c1-6(16-18(2,14)15)8-12-13-9(17-8)7-10-4-3-5-11-7/h3-6H,1-2H3/t6-/m1/s1. The molecular weight excluding hydrogens is 276 g/mol. The van der Waals surface area contributed by atoms with Gasteiger partial charge in [0, 0.05) is 12.4 Å². The van der Waals surface area contributed by atoms with E-state index in [-0.39, 0.29) is 0 Å². The summed E-state index contributed by atoms with van der Waals surface area (Å²) in [6.07, 6.45) is 3.51. The summed E-state index contributed by atoms with van der Waals surface area (Å²) >= 11 is 1.20. The highest BCUT2D eigenvalue weighted by atomic mass is 32.2. The molecule has 1 atom stereocenters. The highest BCUT2D eigenvalue weighted by Gasteiger charge is 2.18. The Balaban J connectivity index is 2.21. The Labute approximate surface area is 108 Å². The van der Waals surface area contributed by atoms with Gasteiger partial charge in [0.2, 0.25) is 0 Å². The van der Waals surface area contributed by atoms with Gasteiger partial charge in [-0.1, -0.05) is 11.3 Å². The maximum absolute atomic E-state index is 11.0. The van der Waals surface area contributed by atoms with Gasteiger partial charge in [0.25, 0.3) is 10.1 Å². The lowest BCUT2D eigenvalue weighted by Crippen LogP contribution is -2.07. The molecular formula is C9H10N4O3S2. The van der Waals surface area contributed by atoms with Gasteiger partial charge >= 0.3 is 0 Å². The largest absolute Gasteiger partial charge is 0.265 e. The first-order chi connectivity index (χ1) is 8.46. The normalized spacial score (nSPS) is 13.4. The molecule has 0 aliphatic heterocycles. The number of nitrogens with zero attached hydrogens (tertiary/aromatic N) is 4. The van der Waals surface area contributed by atoms with Crippen molar-refractivity contribution in [1.29, 1.82) is 0 Å². The van der Waals surface area contributed by atoms with E-state index in [9.17, 15) is 8.42 Å². The summed E-state index contributed by atoms with van der Waals surface area (Å²) in [6.45, 7) is 1.59. The van der Waals surface area contributed by atoms with Crippen LogP contribution in [0.4, 0.5) is 0 Å². The molecule has 2 aromatic heterocycles.